The maximum atomic E-state index is 5.94. The van der Waals surface area contributed by atoms with E-state index in [2.05, 4.69) is 26.1 Å². The lowest BCUT2D eigenvalue weighted by atomic mass is 9.94. The largest absolute Gasteiger partial charge is 0.492 e. The number of hydrogen-bond acceptors (Lipinski definition) is 2. The van der Waals surface area contributed by atoms with Gasteiger partial charge in [-0.1, -0.05) is 51.3 Å². The van der Waals surface area contributed by atoms with Gasteiger partial charge in [-0.3, -0.25) is 0 Å². The zero-order chi connectivity index (χ0) is 13.4. The molecule has 0 amide bonds. The fourth-order valence-electron chi connectivity index (χ4n) is 2.22. The molecule has 1 atom stereocenters. The predicted octanol–water partition coefficient (Wildman–Crippen LogP) is 4.13. The normalized spacial score (nSPS) is 12.7. The molecular formula is C15H24ClNO. The van der Waals surface area contributed by atoms with Crippen molar-refractivity contribution in [1.82, 2.24) is 5.32 Å². The van der Waals surface area contributed by atoms with Crippen LogP contribution in [0.1, 0.15) is 33.6 Å². The summed E-state index contributed by atoms with van der Waals surface area (Å²) < 4.78 is 5.84. The van der Waals surface area contributed by atoms with E-state index in [1.165, 1.54) is 12.8 Å². The minimum Gasteiger partial charge on any atom is -0.492 e. The van der Waals surface area contributed by atoms with Gasteiger partial charge in [0.1, 0.15) is 12.4 Å². The Bertz CT molecular complexity index is 339. The maximum Gasteiger partial charge on any atom is 0.120 e. The highest BCUT2D eigenvalue weighted by atomic mass is 35.5. The van der Waals surface area contributed by atoms with Gasteiger partial charge in [0, 0.05) is 11.1 Å². The summed E-state index contributed by atoms with van der Waals surface area (Å²) in [6.45, 7) is 8.27. The van der Waals surface area contributed by atoms with Crippen molar-refractivity contribution in [1.29, 1.82) is 0 Å². The lowest BCUT2D eigenvalue weighted by molar-refractivity contribution is 0.211. The van der Waals surface area contributed by atoms with Crippen LogP contribution in [0.2, 0.25) is 5.02 Å². The van der Waals surface area contributed by atoms with Crippen LogP contribution < -0.4 is 10.1 Å². The molecule has 0 bridgehead atoms. The van der Waals surface area contributed by atoms with Crippen LogP contribution in [-0.4, -0.2) is 19.2 Å². The van der Waals surface area contributed by atoms with Crippen molar-refractivity contribution in [2.24, 2.45) is 5.92 Å². The van der Waals surface area contributed by atoms with Gasteiger partial charge in [-0.25, -0.2) is 0 Å². The highest BCUT2D eigenvalue weighted by Gasteiger charge is 2.18. The third-order valence-corrected chi connectivity index (χ3v) is 3.54. The third-order valence-electron chi connectivity index (χ3n) is 3.31. The standard InChI is InChI=1S/C15H24ClNO/c1-4-12(5-2)15(17-6-3)11-18-14-9-7-8-13(16)10-14/h7-10,12,15,17H,4-6,11H2,1-3H3. The number of hydrogen-bond donors (Lipinski definition) is 1. The molecule has 0 saturated heterocycles. The first-order valence-electron chi connectivity index (χ1n) is 6.82. The molecule has 1 aromatic carbocycles. The van der Waals surface area contributed by atoms with Crippen LogP contribution in [0.25, 0.3) is 0 Å². The van der Waals surface area contributed by atoms with Crippen LogP contribution in [0, 0.1) is 5.92 Å². The Labute approximate surface area is 116 Å². The van der Waals surface area contributed by atoms with E-state index in [9.17, 15) is 0 Å². The Hall–Kier alpha value is -0.730. The number of benzene rings is 1. The molecule has 0 radical (unpaired) electrons. The summed E-state index contributed by atoms with van der Waals surface area (Å²) in [5, 5.41) is 4.23. The van der Waals surface area contributed by atoms with Crippen molar-refractivity contribution in [2.45, 2.75) is 39.7 Å². The van der Waals surface area contributed by atoms with E-state index in [1.807, 2.05) is 24.3 Å². The Balaban J connectivity index is 2.56. The lowest BCUT2D eigenvalue weighted by Crippen LogP contribution is -2.40. The number of ether oxygens (including phenoxy) is 1. The molecule has 1 unspecified atom stereocenters. The summed E-state index contributed by atoms with van der Waals surface area (Å²) in [5.41, 5.74) is 0. The van der Waals surface area contributed by atoms with E-state index in [0.717, 1.165) is 17.3 Å². The first kappa shape index (κ1) is 15.3. The molecule has 102 valence electrons. The molecule has 1 rings (SSSR count). The average molecular weight is 270 g/mol. The van der Waals surface area contributed by atoms with Crippen molar-refractivity contribution in [3.05, 3.63) is 29.3 Å². The smallest absolute Gasteiger partial charge is 0.120 e. The average Bonchev–Trinajstić information content (AvgIpc) is 2.37. The minimum atomic E-state index is 0.406. The SMILES string of the molecule is CCNC(COc1cccc(Cl)c1)C(CC)CC. The van der Waals surface area contributed by atoms with Gasteiger partial charge in [-0.15, -0.1) is 0 Å². The van der Waals surface area contributed by atoms with E-state index in [-0.39, 0.29) is 0 Å². The quantitative estimate of drug-likeness (QED) is 0.766. The van der Waals surface area contributed by atoms with Gasteiger partial charge in [-0.05, 0) is 30.7 Å². The van der Waals surface area contributed by atoms with Gasteiger partial charge in [0.25, 0.3) is 0 Å². The molecule has 0 aliphatic carbocycles. The van der Waals surface area contributed by atoms with E-state index in [4.69, 9.17) is 16.3 Å². The Kier molecular flexibility index (Phi) is 7.14. The van der Waals surface area contributed by atoms with Crippen LogP contribution in [0.15, 0.2) is 24.3 Å². The summed E-state index contributed by atoms with van der Waals surface area (Å²) in [5.74, 6) is 1.50. The molecule has 0 spiro atoms. The van der Waals surface area contributed by atoms with Gasteiger partial charge < -0.3 is 10.1 Å². The van der Waals surface area contributed by atoms with E-state index >= 15 is 0 Å². The van der Waals surface area contributed by atoms with Crippen LogP contribution in [0.3, 0.4) is 0 Å². The molecule has 0 heterocycles. The van der Waals surface area contributed by atoms with Gasteiger partial charge in [0.15, 0.2) is 0 Å². The Morgan fingerprint density at radius 2 is 1.94 bits per heavy atom. The predicted molar refractivity (Wildman–Crippen MR) is 78.5 cm³/mol. The van der Waals surface area contributed by atoms with E-state index < -0.39 is 0 Å². The molecule has 0 saturated carbocycles. The van der Waals surface area contributed by atoms with Gasteiger partial charge >= 0.3 is 0 Å². The van der Waals surface area contributed by atoms with Crippen molar-refractivity contribution < 1.29 is 4.74 Å². The molecular weight excluding hydrogens is 246 g/mol. The summed E-state index contributed by atoms with van der Waals surface area (Å²) in [6, 6.07) is 7.98. The molecule has 1 aromatic rings. The van der Waals surface area contributed by atoms with Crippen molar-refractivity contribution in [2.75, 3.05) is 13.2 Å². The fraction of sp³-hybridized carbons (Fsp3) is 0.600. The Morgan fingerprint density at radius 3 is 2.50 bits per heavy atom. The first-order valence-corrected chi connectivity index (χ1v) is 7.20. The first-order chi connectivity index (χ1) is 8.71. The van der Waals surface area contributed by atoms with Crippen molar-refractivity contribution in [3.63, 3.8) is 0 Å². The highest BCUT2D eigenvalue weighted by Crippen LogP contribution is 2.19. The summed E-state index contributed by atoms with van der Waals surface area (Å²) in [7, 11) is 0. The number of halogens is 1. The number of likely N-dealkylation sites (N-methyl/N-ethyl adjacent to an activating group) is 1. The second-order valence-electron chi connectivity index (χ2n) is 4.51. The molecule has 0 aliphatic rings. The van der Waals surface area contributed by atoms with Crippen molar-refractivity contribution in [3.8, 4) is 5.75 Å². The number of nitrogens with one attached hydrogen (secondary N) is 1. The second-order valence-corrected chi connectivity index (χ2v) is 4.95. The molecule has 18 heavy (non-hydrogen) atoms. The monoisotopic (exact) mass is 269 g/mol. The molecule has 3 heteroatoms. The van der Waals surface area contributed by atoms with Crippen LogP contribution in [-0.2, 0) is 0 Å². The van der Waals surface area contributed by atoms with Gasteiger partial charge in [0.05, 0.1) is 0 Å². The van der Waals surface area contributed by atoms with Gasteiger partial charge in [0.2, 0.25) is 0 Å². The third kappa shape index (κ3) is 4.87. The molecule has 0 aromatic heterocycles. The lowest BCUT2D eigenvalue weighted by Gasteiger charge is -2.26. The van der Waals surface area contributed by atoms with E-state index in [0.29, 0.717) is 18.6 Å². The molecule has 2 nitrogen and oxygen atoms in total. The maximum absolute atomic E-state index is 5.94. The van der Waals surface area contributed by atoms with E-state index in [1.54, 1.807) is 0 Å². The topological polar surface area (TPSA) is 21.3 Å². The summed E-state index contributed by atoms with van der Waals surface area (Å²) in [4.78, 5) is 0. The minimum absolute atomic E-state index is 0.406. The second kappa shape index (κ2) is 8.39. The van der Waals surface area contributed by atoms with Gasteiger partial charge in [-0.2, -0.15) is 0 Å². The van der Waals surface area contributed by atoms with Crippen LogP contribution in [0.5, 0.6) is 5.75 Å². The Morgan fingerprint density at radius 1 is 1.22 bits per heavy atom. The van der Waals surface area contributed by atoms with Crippen LogP contribution >= 0.6 is 11.6 Å². The number of rotatable bonds is 8. The highest BCUT2D eigenvalue weighted by molar-refractivity contribution is 6.30. The van der Waals surface area contributed by atoms with Crippen LogP contribution in [0.4, 0.5) is 0 Å². The molecule has 0 aliphatic heterocycles. The summed E-state index contributed by atoms with van der Waals surface area (Å²) in [6.07, 6.45) is 2.35. The fourth-order valence-corrected chi connectivity index (χ4v) is 2.40. The molecule has 0 fully saturated rings. The zero-order valence-electron chi connectivity index (χ0n) is 11.6. The summed E-state index contributed by atoms with van der Waals surface area (Å²) >= 11 is 5.94. The molecule has 1 N–H and O–H groups in total. The van der Waals surface area contributed by atoms with Crippen molar-refractivity contribution >= 4 is 11.6 Å². The zero-order valence-corrected chi connectivity index (χ0v) is 12.3.